The zero-order valence-corrected chi connectivity index (χ0v) is 20.8. The van der Waals surface area contributed by atoms with Gasteiger partial charge in [-0.2, -0.15) is 0 Å². The molecular weight excluding hydrogens is 444 g/mol. The summed E-state index contributed by atoms with van der Waals surface area (Å²) in [4.78, 5) is 18.6. The van der Waals surface area contributed by atoms with E-state index in [0.717, 1.165) is 71.9 Å². The van der Waals surface area contributed by atoms with Gasteiger partial charge in [-0.15, -0.1) is 0 Å². The number of aromatic nitrogens is 2. The van der Waals surface area contributed by atoms with Crippen LogP contribution in [-0.2, 0) is 0 Å². The summed E-state index contributed by atoms with van der Waals surface area (Å²) in [5, 5.41) is 4.26. The Kier molecular flexibility index (Phi) is 7.93. The van der Waals surface area contributed by atoms with Gasteiger partial charge in [-0.05, 0) is 38.1 Å². The Morgan fingerprint density at radius 2 is 1.62 bits per heavy atom. The van der Waals surface area contributed by atoms with Crippen LogP contribution in [0.4, 0.5) is 11.5 Å². The second kappa shape index (κ2) is 11.3. The summed E-state index contributed by atoms with van der Waals surface area (Å²) in [6.45, 7) is 8.73. The van der Waals surface area contributed by atoms with Crippen LogP contribution in [0.25, 0.3) is 11.3 Å². The number of allylic oxidation sites excluding steroid dienone is 1. The highest BCUT2D eigenvalue weighted by Crippen LogP contribution is 2.28. The van der Waals surface area contributed by atoms with Crippen LogP contribution in [0.1, 0.15) is 13.8 Å². The topological polar surface area (TPSA) is 56.7 Å². The number of hydrogen-bond donors (Lipinski definition) is 1. The van der Waals surface area contributed by atoms with Gasteiger partial charge in [0, 0.05) is 85.4 Å². The molecule has 2 aromatic carbocycles. The summed E-state index contributed by atoms with van der Waals surface area (Å²) in [6.07, 6.45) is 3.51. The van der Waals surface area contributed by atoms with E-state index in [2.05, 4.69) is 56.1 Å². The molecule has 0 spiro atoms. The molecule has 1 saturated heterocycles. The highest BCUT2D eigenvalue weighted by Gasteiger charge is 2.23. The molecule has 0 unspecified atom stereocenters. The summed E-state index contributed by atoms with van der Waals surface area (Å²) in [6, 6.07) is 18.1. The summed E-state index contributed by atoms with van der Waals surface area (Å²) in [5.74, 6) is 0.925. The largest absolute Gasteiger partial charge is 0.359 e. The zero-order valence-electron chi connectivity index (χ0n) is 20.0. The van der Waals surface area contributed by atoms with Crippen molar-refractivity contribution in [2.24, 2.45) is 4.99 Å². The fourth-order valence-electron chi connectivity index (χ4n) is 4.17. The van der Waals surface area contributed by atoms with Gasteiger partial charge in [-0.1, -0.05) is 41.9 Å². The number of nitrogens with zero attached hydrogens (tertiary/aromatic N) is 5. The second-order valence-electron chi connectivity index (χ2n) is 8.40. The molecule has 34 heavy (non-hydrogen) atoms. The van der Waals surface area contributed by atoms with Crippen LogP contribution in [0, 0.1) is 0 Å². The van der Waals surface area contributed by atoms with Crippen molar-refractivity contribution in [3.8, 4) is 11.3 Å². The molecule has 1 N–H and O–H groups in total. The first-order valence-corrected chi connectivity index (χ1v) is 11.9. The Labute approximate surface area is 207 Å². The minimum Gasteiger partial charge on any atom is -0.359 e. The lowest BCUT2D eigenvalue weighted by molar-refractivity contribution is 0.280. The van der Waals surface area contributed by atoms with E-state index in [9.17, 15) is 0 Å². The first-order valence-electron chi connectivity index (χ1n) is 11.5. The summed E-state index contributed by atoms with van der Waals surface area (Å²) in [7, 11) is 1.86. The standard InChI is InChI=1S/C27H31ClN6/c1-20(29-3)25(21(2)32-24-7-5-4-6-8-24)19-33-15-17-34(18-16-33)27-26(30-13-14-31-27)22-9-11-23(28)12-10-22/h4-14,32H,15-19H2,1-3H3/b25-21-,29-20-. The van der Waals surface area contributed by atoms with Crippen LogP contribution in [0.2, 0.25) is 5.02 Å². The molecule has 0 radical (unpaired) electrons. The maximum absolute atomic E-state index is 6.08. The Bertz CT molecular complexity index is 1150. The van der Waals surface area contributed by atoms with Crippen LogP contribution < -0.4 is 10.2 Å². The lowest BCUT2D eigenvalue weighted by atomic mass is 10.1. The molecule has 2 heterocycles. The molecule has 0 atom stereocenters. The van der Waals surface area contributed by atoms with Gasteiger partial charge in [0.25, 0.3) is 0 Å². The number of rotatable bonds is 7. The van der Waals surface area contributed by atoms with E-state index in [1.807, 2.05) is 49.5 Å². The van der Waals surface area contributed by atoms with Crippen molar-refractivity contribution >= 4 is 28.8 Å². The third-order valence-corrected chi connectivity index (χ3v) is 6.43. The average Bonchev–Trinajstić information content (AvgIpc) is 2.88. The zero-order chi connectivity index (χ0) is 23.9. The molecule has 1 fully saturated rings. The molecule has 4 rings (SSSR count). The molecule has 3 aromatic rings. The van der Waals surface area contributed by atoms with Gasteiger partial charge in [0.1, 0.15) is 5.69 Å². The number of halogens is 1. The van der Waals surface area contributed by atoms with Crippen molar-refractivity contribution in [3.05, 3.63) is 83.3 Å². The molecule has 0 bridgehead atoms. The highest BCUT2D eigenvalue weighted by atomic mass is 35.5. The number of hydrogen-bond acceptors (Lipinski definition) is 6. The second-order valence-corrected chi connectivity index (χ2v) is 8.84. The van der Waals surface area contributed by atoms with Crippen LogP contribution in [0.3, 0.4) is 0 Å². The fraction of sp³-hybridized carbons (Fsp3) is 0.296. The van der Waals surface area contributed by atoms with Crippen molar-refractivity contribution in [2.75, 3.05) is 50.0 Å². The molecule has 1 aromatic heterocycles. The Morgan fingerprint density at radius 3 is 2.29 bits per heavy atom. The maximum Gasteiger partial charge on any atom is 0.155 e. The molecule has 0 aliphatic carbocycles. The van der Waals surface area contributed by atoms with Gasteiger partial charge in [0.2, 0.25) is 0 Å². The molecule has 6 nitrogen and oxygen atoms in total. The van der Waals surface area contributed by atoms with Crippen molar-refractivity contribution in [3.63, 3.8) is 0 Å². The number of nitrogens with one attached hydrogen (secondary N) is 1. The fourth-order valence-corrected chi connectivity index (χ4v) is 4.29. The summed E-state index contributed by atoms with van der Waals surface area (Å²) in [5.41, 5.74) is 6.44. The van der Waals surface area contributed by atoms with Gasteiger partial charge in [0.15, 0.2) is 5.82 Å². The average molecular weight is 475 g/mol. The molecular formula is C27H31ClN6. The lowest BCUT2D eigenvalue weighted by Gasteiger charge is -2.36. The van der Waals surface area contributed by atoms with Crippen molar-refractivity contribution in [2.45, 2.75) is 13.8 Å². The van der Waals surface area contributed by atoms with Crippen LogP contribution in [0.15, 0.2) is 83.3 Å². The molecule has 1 aliphatic heterocycles. The van der Waals surface area contributed by atoms with E-state index < -0.39 is 0 Å². The van der Waals surface area contributed by atoms with Crippen LogP contribution in [0.5, 0.6) is 0 Å². The minimum absolute atomic E-state index is 0.717. The van der Waals surface area contributed by atoms with Gasteiger partial charge in [0.05, 0.1) is 0 Å². The SMILES string of the molecule is C/N=C(C)\C(CN1CCN(c2nccnc2-c2ccc(Cl)cc2)CC1)=C(\C)Nc1ccccc1. The predicted molar refractivity (Wildman–Crippen MR) is 143 cm³/mol. The van der Waals surface area contributed by atoms with Crippen molar-refractivity contribution in [1.82, 2.24) is 14.9 Å². The van der Waals surface area contributed by atoms with Crippen LogP contribution >= 0.6 is 11.6 Å². The maximum atomic E-state index is 6.08. The number of para-hydroxylation sites is 1. The first kappa shape index (κ1) is 23.9. The summed E-state index contributed by atoms with van der Waals surface area (Å²) < 4.78 is 0. The van der Waals surface area contributed by atoms with Gasteiger partial charge in [-0.3, -0.25) is 14.9 Å². The molecule has 1 aliphatic rings. The predicted octanol–water partition coefficient (Wildman–Crippen LogP) is 5.40. The number of aliphatic imine (C=N–C) groups is 1. The first-order chi connectivity index (χ1) is 16.5. The molecule has 0 saturated carbocycles. The molecule has 0 amide bonds. The van der Waals surface area contributed by atoms with Crippen molar-refractivity contribution in [1.29, 1.82) is 0 Å². The normalized spacial score (nSPS) is 15.8. The number of piperazine rings is 1. The van der Waals surface area contributed by atoms with Crippen LogP contribution in [-0.4, -0.2) is 60.4 Å². The monoisotopic (exact) mass is 474 g/mol. The Balaban J connectivity index is 1.46. The van der Waals surface area contributed by atoms with E-state index in [1.165, 1.54) is 5.57 Å². The van der Waals surface area contributed by atoms with E-state index in [1.54, 1.807) is 12.4 Å². The number of benzene rings is 2. The van der Waals surface area contributed by atoms with Crippen molar-refractivity contribution < 1.29 is 0 Å². The highest BCUT2D eigenvalue weighted by molar-refractivity contribution is 6.30. The smallest absolute Gasteiger partial charge is 0.155 e. The van der Waals surface area contributed by atoms with E-state index in [-0.39, 0.29) is 0 Å². The van der Waals surface area contributed by atoms with E-state index >= 15 is 0 Å². The third-order valence-electron chi connectivity index (χ3n) is 6.18. The summed E-state index contributed by atoms with van der Waals surface area (Å²) >= 11 is 6.08. The number of anilines is 2. The van der Waals surface area contributed by atoms with Gasteiger partial charge in [-0.25, -0.2) is 4.98 Å². The van der Waals surface area contributed by atoms with E-state index in [4.69, 9.17) is 11.6 Å². The quantitative estimate of drug-likeness (QED) is 0.465. The Morgan fingerprint density at radius 1 is 0.941 bits per heavy atom. The Hall–Kier alpha value is -3.22. The molecule has 7 heteroatoms. The minimum atomic E-state index is 0.717. The molecule has 176 valence electrons. The third kappa shape index (κ3) is 5.82. The van der Waals surface area contributed by atoms with Gasteiger partial charge < -0.3 is 10.2 Å². The van der Waals surface area contributed by atoms with E-state index in [0.29, 0.717) is 0 Å². The lowest BCUT2D eigenvalue weighted by Crippen LogP contribution is -2.47. The van der Waals surface area contributed by atoms with Gasteiger partial charge >= 0.3 is 0 Å².